The fourth-order valence-corrected chi connectivity index (χ4v) is 6.53. The number of anilines is 1. The van der Waals surface area contributed by atoms with Crippen LogP contribution in [-0.2, 0) is 19.6 Å². The minimum absolute atomic E-state index is 0.00843. The van der Waals surface area contributed by atoms with Gasteiger partial charge in [-0.1, -0.05) is 65.7 Å². The molecule has 3 aromatic rings. The van der Waals surface area contributed by atoms with Gasteiger partial charge < -0.3 is 4.74 Å². The van der Waals surface area contributed by atoms with E-state index in [0.29, 0.717) is 11.1 Å². The average molecular weight is 529 g/mol. The predicted molar refractivity (Wildman–Crippen MR) is 136 cm³/mol. The smallest absolute Gasteiger partial charge is 0.306 e. The molecule has 188 valence electrons. The van der Waals surface area contributed by atoms with Gasteiger partial charge in [-0.3, -0.25) is 19.2 Å². The van der Waals surface area contributed by atoms with Crippen molar-refractivity contribution in [2.75, 3.05) is 10.9 Å². The van der Waals surface area contributed by atoms with E-state index in [9.17, 15) is 23.3 Å². The van der Waals surface area contributed by atoms with Crippen LogP contribution in [0.4, 0.5) is 5.69 Å². The summed E-state index contributed by atoms with van der Waals surface area (Å²) in [6.45, 7) is 3.61. The van der Waals surface area contributed by atoms with Gasteiger partial charge in [0.25, 0.3) is 10.0 Å². The van der Waals surface area contributed by atoms with Crippen LogP contribution in [0.2, 0.25) is 5.02 Å². The molecule has 0 aliphatic carbocycles. The van der Waals surface area contributed by atoms with Crippen molar-refractivity contribution in [2.24, 2.45) is 0 Å². The molecule has 0 spiro atoms. The van der Waals surface area contributed by atoms with Crippen LogP contribution in [0.3, 0.4) is 0 Å². The second kappa shape index (κ2) is 10.3. The molecule has 10 heteroatoms. The zero-order chi connectivity index (χ0) is 26.0. The van der Waals surface area contributed by atoms with Crippen molar-refractivity contribution in [3.63, 3.8) is 0 Å². The molecule has 0 aromatic heterocycles. The summed E-state index contributed by atoms with van der Waals surface area (Å²) in [5.41, 5.74) is 1.84. The number of fused-ring (bicyclic) bond motifs is 1. The number of nitro groups is 1. The van der Waals surface area contributed by atoms with Gasteiger partial charge in [-0.05, 0) is 49.2 Å². The maximum Gasteiger partial charge on any atom is 0.306 e. The summed E-state index contributed by atoms with van der Waals surface area (Å²) in [6.07, 6.45) is -0.282. The molecular formula is C26H25ClN2O6S. The molecule has 1 heterocycles. The number of hydrogen-bond acceptors (Lipinski definition) is 6. The molecule has 3 atom stereocenters. The van der Waals surface area contributed by atoms with Gasteiger partial charge >= 0.3 is 5.97 Å². The van der Waals surface area contributed by atoms with Gasteiger partial charge in [-0.15, -0.1) is 0 Å². The minimum atomic E-state index is -4.28. The third-order valence-corrected chi connectivity index (χ3v) is 8.32. The van der Waals surface area contributed by atoms with E-state index in [1.807, 2.05) is 6.92 Å². The number of aryl methyl sites for hydroxylation is 1. The fourth-order valence-electron chi connectivity index (χ4n) is 4.69. The minimum Gasteiger partial charge on any atom is -0.466 e. The molecule has 0 saturated heterocycles. The zero-order valence-corrected chi connectivity index (χ0v) is 21.3. The number of ether oxygens (including phenoxy) is 1. The number of carbonyl (C=O) groups excluding carboxylic acids is 1. The van der Waals surface area contributed by atoms with Gasteiger partial charge in [0.1, 0.15) is 6.04 Å². The molecule has 4 rings (SSSR count). The lowest BCUT2D eigenvalue weighted by Crippen LogP contribution is -2.50. The summed E-state index contributed by atoms with van der Waals surface area (Å²) in [5.74, 6) is -1.54. The third-order valence-electron chi connectivity index (χ3n) is 6.27. The highest BCUT2D eigenvalue weighted by molar-refractivity contribution is 7.92. The van der Waals surface area contributed by atoms with Crippen molar-refractivity contribution in [2.45, 2.75) is 43.2 Å². The van der Waals surface area contributed by atoms with Crippen molar-refractivity contribution < 1.29 is 22.9 Å². The molecule has 0 radical (unpaired) electrons. The van der Waals surface area contributed by atoms with Gasteiger partial charge in [-0.25, -0.2) is 8.42 Å². The van der Waals surface area contributed by atoms with Gasteiger partial charge in [0.2, 0.25) is 6.04 Å². The highest BCUT2D eigenvalue weighted by atomic mass is 35.5. The summed E-state index contributed by atoms with van der Waals surface area (Å²) >= 11 is 6.31. The monoisotopic (exact) mass is 528 g/mol. The van der Waals surface area contributed by atoms with Gasteiger partial charge in [0.05, 0.1) is 29.5 Å². The lowest BCUT2D eigenvalue weighted by Gasteiger charge is -2.42. The number of benzene rings is 3. The Morgan fingerprint density at radius 2 is 1.75 bits per heavy atom. The number of sulfonamides is 1. The van der Waals surface area contributed by atoms with Crippen molar-refractivity contribution in [3.8, 4) is 0 Å². The van der Waals surface area contributed by atoms with Crippen LogP contribution >= 0.6 is 11.6 Å². The molecule has 0 saturated carbocycles. The van der Waals surface area contributed by atoms with Crippen molar-refractivity contribution in [1.82, 2.24) is 0 Å². The summed E-state index contributed by atoms with van der Waals surface area (Å²) in [7, 11) is -4.28. The molecule has 0 N–H and O–H groups in total. The molecule has 0 amide bonds. The number of nitrogens with zero attached hydrogens (tertiary/aromatic N) is 2. The summed E-state index contributed by atoms with van der Waals surface area (Å²) in [5, 5.41) is 12.9. The summed E-state index contributed by atoms with van der Waals surface area (Å²) < 4.78 is 34.4. The second-order valence-electron chi connectivity index (χ2n) is 8.56. The Labute approximate surface area is 214 Å². The van der Waals surface area contributed by atoms with Gasteiger partial charge in [0.15, 0.2) is 0 Å². The molecule has 0 fully saturated rings. The average Bonchev–Trinajstić information content (AvgIpc) is 2.84. The van der Waals surface area contributed by atoms with Crippen LogP contribution in [-0.4, -0.2) is 32.0 Å². The first-order chi connectivity index (χ1) is 17.1. The zero-order valence-electron chi connectivity index (χ0n) is 19.7. The standard InChI is InChI=1S/C26H25ClN2O6S/c1-3-35-24(30)16-22-21-14-11-19(27)15-23(21)28(36(33,34)20-12-9-17(2)10-13-20)25(26(22)29(31)32)18-7-5-4-6-8-18/h4-15,22,25-26H,3,16H2,1-2H3/t22-,25-,26+/m1/s1. The second-order valence-corrected chi connectivity index (χ2v) is 10.8. The molecule has 3 aromatic carbocycles. The van der Waals surface area contributed by atoms with E-state index < -0.39 is 38.9 Å². The lowest BCUT2D eigenvalue weighted by molar-refractivity contribution is -0.531. The number of hydrogen-bond donors (Lipinski definition) is 0. The molecule has 1 aliphatic rings. The Balaban J connectivity index is 2.02. The van der Waals surface area contributed by atoms with Crippen LogP contribution in [0.25, 0.3) is 0 Å². The van der Waals surface area contributed by atoms with Crippen molar-refractivity contribution >= 4 is 33.3 Å². The predicted octanol–water partition coefficient (Wildman–Crippen LogP) is 5.28. The summed E-state index contributed by atoms with van der Waals surface area (Å²) in [4.78, 5) is 24.6. The highest BCUT2D eigenvalue weighted by Gasteiger charge is 2.53. The molecule has 8 nitrogen and oxygen atoms in total. The topological polar surface area (TPSA) is 107 Å². The Kier molecular flexibility index (Phi) is 7.33. The normalized spacial score (nSPS) is 19.4. The van der Waals surface area contributed by atoms with Crippen LogP contribution < -0.4 is 4.31 Å². The molecule has 1 aliphatic heterocycles. The quantitative estimate of drug-likeness (QED) is 0.234. The number of halogens is 1. The van der Waals surface area contributed by atoms with Crippen molar-refractivity contribution in [1.29, 1.82) is 0 Å². The number of rotatable bonds is 7. The first kappa shape index (κ1) is 25.7. The molecule has 36 heavy (non-hydrogen) atoms. The first-order valence-electron chi connectivity index (χ1n) is 11.4. The van der Waals surface area contributed by atoms with Gasteiger partial charge in [-0.2, -0.15) is 0 Å². The highest BCUT2D eigenvalue weighted by Crippen LogP contribution is 2.50. The van der Waals surface area contributed by atoms with Crippen LogP contribution in [0, 0.1) is 17.0 Å². The van der Waals surface area contributed by atoms with E-state index in [4.69, 9.17) is 16.3 Å². The Bertz CT molecular complexity index is 1380. The van der Waals surface area contributed by atoms with E-state index in [0.717, 1.165) is 9.87 Å². The molecular weight excluding hydrogens is 504 g/mol. The van der Waals surface area contributed by atoms with E-state index in [1.165, 1.54) is 24.3 Å². The van der Waals surface area contributed by atoms with Crippen LogP contribution in [0.1, 0.15) is 42.0 Å². The van der Waals surface area contributed by atoms with E-state index in [2.05, 4.69) is 0 Å². The summed E-state index contributed by atoms with van der Waals surface area (Å²) in [6, 6.07) is 16.6. The van der Waals surface area contributed by atoms with E-state index in [-0.39, 0.29) is 28.6 Å². The van der Waals surface area contributed by atoms with E-state index in [1.54, 1.807) is 55.5 Å². The first-order valence-corrected chi connectivity index (χ1v) is 13.2. The lowest BCUT2D eigenvalue weighted by atomic mass is 9.78. The SMILES string of the molecule is CCOC(=O)C[C@@H]1c2ccc(Cl)cc2N(S(=O)(=O)c2ccc(C)cc2)[C@H](c2ccccc2)[C@H]1[N+](=O)[O-]. The molecule has 0 bridgehead atoms. The maximum atomic E-state index is 14.1. The van der Waals surface area contributed by atoms with Gasteiger partial charge in [0, 0.05) is 9.95 Å². The van der Waals surface area contributed by atoms with E-state index >= 15 is 0 Å². The largest absolute Gasteiger partial charge is 0.466 e. The Hall–Kier alpha value is -3.43. The van der Waals surface area contributed by atoms with Crippen molar-refractivity contribution in [3.05, 3.63) is 105 Å². The van der Waals surface area contributed by atoms with Crippen LogP contribution in [0.5, 0.6) is 0 Å². The van der Waals surface area contributed by atoms with Crippen LogP contribution in [0.15, 0.2) is 77.7 Å². The maximum absolute atomic E-state index is 14.1. The number of esters is 1. The number of carbonyl (C=O) groups is 1. The molecule has 0 unspecified atom stereocenters. The Morgan fingerprint density at radius 3 is 2.36 bits per heavy atom. The fraction of sp³-hybridized carbons (Fsp3) is 0.269. The Morgan fingerprint density at radius 1 is 1.08 bits per heavy atom. The third kappa shape index (κ3) is 4.81.